The van der Waals surface area contributed by atoms with Crippen LogP contribution in [0.2, 0.25) is 5.15 Å². The number of benzene rings is 1. The molecule has 2 nitrogen and oxygen atoms in total. The molecule has 1 aromatic carbocycles. The fraction of sp³-hybridized carbons (Fsp3) is 0.0769. The normalized spacial score (nSPS) is 12.0. The number of hydrogen-bond acceptors (Lipinski definition) is 3. The number of fused-ring (bicyclic) bond motifs is 1. The number of nitrogens with zero attached hydrogens (tertiary/aromatic N) is 2. The molecule has 2 aromatic heterocycles. The topological polar surface area (TPSA) is 25.8 Å². The lowest BCUT2D eigenvalue weighted by atomic mass is 10.1. The summed E-state index contributed by atoms with van der Waals surface area (Å²) in [7, 11) is 0. The summed E-state index contributed by atoms with van der Waals surface area (Å²) in [5.41, 5.74) is 0.366. The number of alkyl halides is 3. The maximum Gasteiger partial charge on any atom is 0.417 e. The third-order valence-corrected chi connectivity index (χ3v) is 5.09. The van der Waals surface area contributed by atoms with E-state index in [-0.39, 0.29) is 4.47 Å². The van der Waals surface area contributed by atoms with Gasteiger partial charge in [0.2, 0.25) is 0 Å². The molecule has 21 heavy (non-hydrogen) atoms. The first-order valence-corrected chi connectivity index (χ1v) is 7.62. The van der Waals surface area contributed by atoms with Crippen molar-refractivity contribution in [1.82, 2.24) is 9.97 Å². The van der Waals surface area contributed by atoms with Gasteiger partial charge in [-0.05, 0) is 23.8 Å². The lowest BCUT2D eigenvalue weighted by Crippen LogP contribution is -2.05. The molecule has 108 valence electrons. The van der Waals surface area contributed by atoms with E-state index in [2.05, 4.69) is 25.9 Å². The molecule has 0 N–H and O–H groups in total. The maximum absolute atomic E-state index is 12.9. The van der Waals surface area contributed by atoms with Crippen molar-refractivity contribution in [3.05, 3.63) is 45.8 Å². The summed E-state index contributed by atoms with van der Waals surface area (Å²) in [6.45, 7) is 0. The van der Waals surface area contributed by atoms with Gasteiger partial charge in [0.1, 0.15) is 11.5 Å². The molecule has 3 rings (SSSR count). The Bertz CT molecular complexity index is 832. The monoisotopic (exact) mass is 392 g/mol. The highest BCUT2D eigenvalue weighted by atomic mass is 79.9. The van der Waals surface area contributed by atoms with Crippen molar-refractivity contribution in [3.8, 4) is 10.4 Å². The molecule has 0 aliphatic carbocycles. The lowest BCUT2D eigenvalue weighted by Gasteiger charge is -2.10. The third kappa shape index (κ3) is 2.77. The summed E-state index contributed by atoms with van der Waals surface area (Å²) in [5.74, 6) is 0. The number of halogens is 5. The molecule has 0 spiro atoms. The predicted molar refractivity (Wildman–Crippen MR) is 80.6 cm³/mol. The van der Waals surface area contributed by atoms with Crippen LogP contribution in [-0.4, -0.2) is 9.97 Å². The lowest BCUT2D eigenvalue weighted by molar-refractivity contribution is -0.138. The van der Waals surface area contributed by atoms with Gasteiger partial charge in [0.25, 0.3) is 0 Å². The van der Waals surface area contributed by atoms with Crippen molar-refractivity contribution in [2.24, 2.45) is 0 Å². The van der Waals surface area contributed by atoms with Crippen molar-refractivity contribution < 1.29 is 13.2 Å². The first-order chi connectivity index (χ1) is 9.86. The highest BCUT2D eigenvalue weighted by Crippen LogP contribution is 2.40. The molecule has 2 heterocycles. The van der Waals surface area contributed by atoms with Gasteiger partial charge in [0, 0.05) is 9.35 Å². The summed E-state index contributed by atoms with van der Waals surface area (Å²) >= 11 is 10.1. The van der Waals surface area contributed by atoms with Gasteiger partial charge in [-0.25, -0.2) is 9.97 Å². The second kappa shape index (κ2) is 5.23. The van der Waals surface area contributed by atoms with Crippen molar-refractivity contribution in [3.63, 3.8) is 0 Å². The van der Waals surface area contributed by atoms with Crippen LogP contribution in [0.3, 0.4) is 0 Å². The minimum Gasteiger partial charge on any atom is -0.235 e. The van der Waals surface area contributed by atoms with E-state index in [9.17, 15) is 13.2 Å². The van der Waals surface area contributed by atoms with Crippen LogP contribution in [0.4, 0.5) is 13.2 Å². The van der Waals surface area contributed by atoms with Crippen molar-refractivity contribution in [2.75, 3.05) is 0 Å². The zero-order valence-electron chi connectivity index (χ0n) is 10.1. The predicted octanol–water partition coefficient (Wildman–Crippen LogP) is 5.79. The summed E-state index contributed by atoms with van der Waals surface area (Å²) in [6, 6.07) is 5.81. The molecule has 0 saturated carbocycles. The van der Waals surface area contributed by atoms with E-state index < -0.39 is 11.7 Å². The molecular formula is C13H5BrClF3N2S. The van der Waals surface area contributed by atoms with E-state index in [1.165, 1.54) is 23.7 Å². The van der Waals surface area contributed by atoms with Gasteiger partial charge >= 0.3 is 6.18 Å². The van der Waals surface area contributed by atoms with Crippen molar-refractivity contribution >= 4 is 49.1 Å². The fourth-order valence-electron chi connectivity index (χ4n) is 1.86. The average Bonchev–Trinajstić information content (AvgIpc) is 2.83. The molecule has 8 heteroatoms. The molecular weight excluding hydrogens is 389 g/mol. The number of thiophene rings is 1. The summed E-state index contributed by atoms with van der Waals surface area (Å²) in [5, 5.41) is 0.296. The SMILES string of the molecule is FC(F)(F)c1cc(-c2cc3ncnc(Cl)c3s2)ccc1Br. The van der Waals surface area contributed by atoms with Crippen LogP contribution in [0.25, 0.3) is 20.7 Å². The Morgan fingerprint density at radius 1 is 1.14 bits per heavy atom. The Hall–Kier alpha value is -1.18. The van der Waals surface area contributed by atoms with Crippen molar-refractivity contribution in [1.29, 1.82) is 0 Å². The summed E-state index contributed by atoms with van der Waals surface area (Å²) in [4.78, 5) is 8.58. The Morgan fingerprint density at radius 3 is 2.57 bits per heavy atom. The second-order valence-corrected chi connectivity index (χ2v) is 6.45. The molecule has 0 amide bonds. The standard InChI is InChI=1S/C13H5BrClF3N2S/c14-8-2-1-6(3-7(8)13(16,17)18)10-4-9-11(21-10)12(15)20-5-19-9/h1-5H. The van der Waals surface area contributed by atoms with Gasteiger partial charge < -0.3 is 0 Å². The average molecular weight is 394 g/mol. The number of hydrogen-bond donors (Lipinski definition) is 0. The van der Waals surface area contributed by atoms with Crippen LogP contribution < -0.4 is 0 Å². The summed E-state index contributed by atoms with van der Waals surface area (Å²) < 4.78 is 39.5. The Labute approximate surface area is 134 Å². The van der Waals surface area contributed by atoms with Gasteiger partial charge in [-0.3, -0.25) is 0 Å². The Morgan fingerprint density at radius 2 is 1.90 bits per heavy atom. The van der Waals surface area contributed by atoms with Gasteiger partial charge in [0.15, 0.2) is 0 Å². The zero-order valence-corrected chi connectivity index (χ0v) is 13.2. The molecule has 0 aliphatic rings. The smallest absolute Gasteiger partial charge is 0.235 e. The Balaban J connectivity index is 2.17. The minimum atomic E-state index is -4.41. The summed E-state index contributed by atoms with van der Waals surface area (Å²) in [6.07, 6.45) is -3.09. The number of aromatic nitrogens is 2. The molecule has 0 aliphatic heterocycles. The Kier molecular flexibility index (Phi) is 3.67. The van der Waals surface area contributed by atoms with Crippen LogP contribution >= 0.6 is 38.9 Å². The first kappa shape index (κ1) is 14.7. The van der Waals surface area contributed by atoms with E-state index in [1.807, 2.05) is 0 Å². The van der Waals surface area contributed by atoms with Crippen LogP contribution in [0.15, 0.2) is 35.1 Å². The van der Waals surface area contributed by atoms with Gasteiger partial charge in [0.05, 0.1) is 15.8 Å². The molecule has 0 fully saturated rings. The molecule has 0 unspecified atom stereocenters. The van der Waals surface area contributed by atoms with Gasteiger partial charge in [-0.1, -0.05) is 33.6 Å². The highest BCUT2D eigenvalue weighted by Gasteiger charge is 2.33. The number of rotatable bonds is 1. The van der Waals surface area contributed by atoms with Crippen LogP contribution in [0.5, 0.6) is 0 Å². The fourth-order valence-corrected chi connectivity index (χ4v) is 3.58. The quantitative estimate of drug-likeness (QED) is 0.489. The third-order valence-electron chi connectivity index (χ3n) is 2.82. The van der Waals surface area contributed by atoms with Crippen LogP contribution in [0, 0.1) is 0 Å². The first-order valence-electron chi connectivity index (χ1n) is 5.63. The second-order valence-electron chi connectivity index (χ2n) is 4.18. The molecule has 0 bridgehead atoms. The van der Waals surface area contributed by atoms with E-state index in [4.69, 9.17) is 11.6 Å². The van der Waals surface area contributed by atoms with Crippen LogP contribution in [-0.2, 0) is 6.18 Å². The van der Waals surface area contributed by atoms with E-state index in [1.54, 1.807) is 12.1 Å². The largest absolute Gasteiger partial charge is 0.417 e. The molecule has 0 radical (unpaired) electrons. The molecule has 0 saturated heterocycles. The van der Waals surface area contributed by atoms with E-state index in [0.717, 1.165) is 6.07 Å². The van der Waals surface area contributed by atoms with Gasteiger partial charge in [-0.15, -0.1) is 11.3 Å². The van der Waals surface area contributed by atoms with E-state index in [0.29, 0.717) is 25.8 Å². The van der Waals surface area contributed by atoms with Crippen molar-refractivity contribution in [2.45, 2.75) is 6.18 Å². The maximum atomic E-state index is 12.9. The minimum absolute atomic E-state index is 0.0117. The molecule has 0 atom stereocenters. The van der Waals surface area contributed by atoms with Crippen LogP contribution in [0.1, 0.15) is 5.56 Å². The zero-order chi connectivity index (χ0) is 15.2. The highest BCUT2D eigenvalue weighted by molar-refractivity contribution is 9.10. The van der Waals surface area contributed by atoms with Gasteiger partial charge in [-0.2, -0.15) is 13.2 Å². The van der Waals surface area contributed by atoms with E-state index >= 15 is 0 Å². The molecule has 3 aromatic rings.